The predicted octanol–water partition coefficient (Wildman–Crippen LogP) is 3.46. The van der Waals surface area contributed by atoms with Crippen LogP contribution in [-0.4, -0.2) is 51.0 Å². The van der Waals surface area contributed by atoms with Gasteiger partial charge in [0.05, 0.1) is 17.6 Å². The number of rotatable bonds is 5. The molecular formula is C23H20N6O3. The lowest BCUT2D eigenvalue weighted by Gasteiger charge is -2.10. The van der Waals surface area contributed by atoms with Crippen molar-refractivity contribution in [3.63, 3.8) is 0 Å². The highest BCUT2D eigenvalue weighted by Gasteiger charge is 2.17. The van der Waals surface area contributed by atoms with Crippen molar-refractivity contribution >= 4 is 17.8 Å². The van der Waals surface area contributed by atoms with E-state index >= 15 is 0 Å². The van der Waals surface area contributed by atoms with Crippen LogP contribution >= 0.6 is 0 Å². The molecule has 0 saturated heterocycles. The van der Waals surface area contributed by atoms with Gasteiger partial charge in [0.1, 0.15) is 5.69 Å². The number of hydrogen-bond acceptors (Lipinski definition) is 7. The summed E-state index contributed by atoms with van der Waals surface area (Å²) < 4.78 is 5.60. The predicted molar refractivity (Wildman–Crippen MR) is 118 cm³/mol. The van der Waals surface area contributed by atoms with Crippen LogP contribution in [0, 0.1) is 6.92 Å². The smallest absolute Gasteiger partial charge is 0.322 e. The van der Waals surface area contributed by atoms with Gasteiger partial charge in [0, 0.05) is 30.8 Å². The minimum absolute atomic E-state index is 0.0352. The molecule has 0 atom stereocenters. The third-order valence-electron chi connectivity index (χ3n) is 4.67. The van der Waals surface area contributed by atoms with Crippen molar-refractivity contribution in [2.24, 2.45) is 0 Å². The van der Waals surface area contributed by atoms with Crippen molar-refractivity contribution in [3.05, 3.63) is 77.6 Å². The Kier molecular flexibility index (Phi) is 5.71. The second kappa shape index (κ2) is 8.76. The summed E-state index contributed by atoms with van der Waals surface area (Å²) in [6, 6.07) is 15.8. The Bertz CT molecular complexity index is 1270. The zero-order valence-corrected chi connectivity index (χ0v) is 17.7. The van der Waals surface area contributed by atoms with Gasteiger partial charge in [0.15, 0.2) is 0 Å². The number of aryl methyl sites for hydroxylation is 1. The number of carbonyl (C=O) groups is 2. The molecule has 0 radical (unpaired) electrons. The fourth-order valence-corrected chi connectivity index (χ4v) is 2.96. The molecule has 1 N–H and O–H groups in total. The van der Waals surface area contributed by atoms with Crippen LogP contribution in [-0.2, 0) is 0 Å². The lowest BCUT2D eigenvalue weighted by atomic mass is 10.1. The van der Waals surface area contributed by atoms with Crippen LogP contribution in [0.15, 0.2) is 65.2 Å². The molecule has 9 heteroatoms. The molecule has 9 nitrogen and oxygen atoms in total. The first-order chi connectivity index (χ1) is 15.4. The summed E-state index contributed by atoms with van der Waals surface area (Å²) >= 11 is 0. The van der Waals surface area contributed by atoms with Crippen molar-refractivity contribution in [2.75, 3.05) is 19.4 Å². The monoisotopic (exact) mass is 428 g/mol. The molecule has 2 aromatic carbocycles. The fourth-order valence-electron chi connectivity index (χ4n) is 2.96. The molecule has 0 spiro atoms. The van der Waals surface area contributed by atoms with Crippen molar-refractivity contribution < 1.29 is 14.0 Å². The highest BCUT2D eigenvalue weighted by Crippen LogP contribution is 2.25. The standard InChI is InChI=1S/C23H20N6O3/c1-14-19(21-27-28-23(32-21)26-20(30)16-7-5-4-6-8-16)25-18(13-24-14)15-9-11-17(12-10-15)22(31)29(2)3/h4-13H,1-3H3,(H,26,28,30). The average Bonchev–Trinajstić information content (AvgIpc) is 3.27. The third kappa shape index (κ3) is 4.36. The van der Waals surface area contributed by atoms with Gasteiger partial charge < -0.3 is 9.32 Å². The first-order valence-corrected chi connectivity index (χ1v) is 9.78. The Morgan fingerprint density at radius 3 is 2.34 bits per heavy atom. The quantitative estimate of drug-likeness (QED) is 0.518. The van der Waals surface area contributed by atoms with Crippen LogP contribution in [0.3, 0.4) is 0 Å². The maximum atomic E-state index is 12.3. The van der Waals surface area contributed by atoms with E-state index < -0.39 is 0 Å². The van der Waals surface area contributed by atoms with Crippen LogP contribution in [0.1, 0.15) is 26.4 Å². The number of anilines is 1. The number of amides is 2. The van der Waals surface area contributed by atoms with Crippen molar-refractivity contribution in [3.8, 4) is 22.8 Å². The lowest BCUT2D eigenvalue weighted by Crippen LogP contribution is -2.21. The molecule has 0 unspecified atom stereocenters. The molecule has 4 aromatic rings. The normalized spacial score (nSPS) is 10.6. The van der Waals surface area contributed by atoms with Gasteiger partial charge in [-0.1, -0.05) is 35.4 Å². The zero-order chi connectivity index (χ0) is 22.7. The minimum Gasteiger partial charge on any atom is -0.401 e. The molecule has 0 bridgehead atoms. The second-order valence-corrected chi connectivity index (χ2v) is 7.20. The van der Waals surface area contributed by atoms with Gasteiger partial charge >= 0.3 is 6.01 Å². The minimum atomic E-state index is -0.357. The highest BCUT2D eigenvalue weighted by molar-refractivity contribution is 6.03. The Balaban J connectivity index is 1.57. The van der Waals surface area contributed by atoms with Crippen LogP contribution < -0.4 is 5.32 Å². The van der Waals surface area contributed by atoms with Crippen LogP contribution in [0.4, 0.5) is 6.01 Å². The molecule has 0 saturated carbocycles. The average molecular weight is 428 g/mol. The molecule has 0 fully saturated rings. The van der Waals surface area contributed by atoms with E-state index in [1.165, 1.54) is 4.90 Å². The number of benzene rings is 2. The maximum absolute atomic E-state index is 12.3. The van der Waals surface area contributed by atoms with E-state index in [2.05, 4.69) is 25.5 Å². The SMILES string of the molecule is Cc1ncc(-c2ccc(C(=O)N(C)C)cc2)nc1-c1nnc(NC(=O)c2ccccc2)o1. The van der Waals surface area contributed by atoms with E-state index in [9.17, 15) is 9.59 Å². The van der Waals surface area contributed by atoms with Crippen molar-refractivity contribution in [1.82, 2.24) is 25.1 Å². The van der Waals surface area contributed by atoms with Gasteiger partial charge in [0.2, 0.25) is 0 Å². The maximum Gasteiger partial charge on any atom is 0.322 e. The Labute approximate surface area is 184 Å². The van der Waals surface area contributed by atoms with Gasteiger partial charge in [-0.2, -0.15) is 0 Å². The Hall–Kier alpha value is -4.40. The second-order valence-electron chi connectivity index (χ2n) is 7.20. The molecule has 2 amide bonds. The van der Waals surface area contributed by atoms with E-state index in [-0.39, 0.29) is 23.7 Å². The third-order valence-corrected chi connectivity index (χ3v) is 4.67. The van der Waals surface area contributed by atoms with Crippen LogP contribution in [0.5, 0.6) is 0 Å². The molecule has 160 valence electrons. The largest absolute Gasteiger partial charge is 0.401 e. The number of nitrogens with zero attached hydrogens (tertiary/aromatic N) is 5. The fraction of sp³-hybridized carbons (Fsp3) is 0.130. The molecule has 32 heavy (non-hydrogen) atoms. The number of nitrogens with one attached hydrogen (secondary N) is 1. The van der Waals surface area contributed by atoms with E-state index in [1.54, 1.807) is 75.7 Å². The van der Waals surface area contributed by atoms with E-state index in [0.29, 0.717) is 28.2 Å². The first-order valence-electron chi connectivity index (χ1n) is 9.78. The van der Waals surface area contributed by atoms with Crippen molar-refractivity contribution in [2.45, 2.75) is 6.92 Å². The van der Waals surface area contributed by atoms with Crippen LogP contribution in [0.25, 0.3) is 22.8 Å². The summed E-state index contributed by atoms with van der Waals surface area (Å²) in [4.78, 5) is 34.9. The van der Waals surface area contributed by atoms with E-state index in [4.69, 9.17) is 4.42 Å². The number of hydrogen-bond donors (Lipinski definition) is 1. The van der Waals surface area contributed by atoms with Gasteiger partial charge in [-0.3, -0.25) is 19.9 Å². The summed E-state index contributed by atoms with van der Waals surface area (Å²) in [5.74, 6) is -0.299. The van der Waals surface area contributed by atoms with Gasteiger partial charge in [0.25, 0.3) is 17.7 Å². The molecule has 2 heterocycles. The van der Waals surface area contributed by atoms with E-state index in [0.717, 1.165) is 5.56 Å². The molecule has 2 aromatic heterocycles. The summed E-state index contributed by atoms with van der Waals surface area (Å²) in [6.07, 6.45) is 1.63. The molecule has 4 rings (SSSR count). The zero-order valence-electron chi connectivity index (χ0n) is 17.7. The van der Waals surface area contributed by atoms with Gasteiger partial charge in [-0.15, -0.1) is 5.10 Å². The molecule has 0 aliphatic carbocycles. The van der Waals surface area contributed by atoms with Crippen molar-refractivity contribution in [1.29, 1.82) is 0 Å². The summed E-state index contributed by atoms with van der Waals surface area (Å²) in [5, 5.41) is 10.5. The van der Waals surface area contributed by atoms with E-state index in [1.807, 2.05) is 6.07 Å². The van der Waals surface area contributed by atoms with Gasteiger partial charge in [-0.25, -0.2) is 4.98 Å². The lowest BCUT2D eigenvalue weighted by molar-refractivity contribution is 0.0827. The van der Waals surface area contributed by atoms with Gasteiger partial charge in [-0.05, 0) is 31.2 Å². The summed E-state index contributed by atoms with van der Waals surface area (Å²) in [6.45, 7) is 1.78. The highest BCUT2D eigenvalue weighted by atomic mass is 16.4. The summed E-state index contributed by atoms with van der Waals surface area (Å²) in [5.41, 5.74) is 3.42. The number of carbonyl (C=O) groups excluding carboxylic acids is 2. The molecular weight excluding hydrogens is 408 g/mol. The topological polar surface area (TPSA) is 114 Å². The molecule has 0 aliphatic rings. The summed E-state index contributed by atoms with van der Waals surface area (Å²) in [7, 11) is 3.41. The van der Waals surface area contributed by atoms with Crippen LogP contribution in [0.2, 0.25) is 0 Å². The Morgan fingerprint density at radius 2 is 1.66 bits per heavy atom. The Morgan fingerprint density at radius 1 is 0.938 bits per heavy atom. The number of aromatic nitrogens is 4. The molecule has 0 aliphatic heterocycles. The first kappa shape index (κ1) is 20.9.